The molecule has 1 aliphatic heterocycles. The Balaban J connectivity index is 1.23. The van der Waals surface area contributed by atoms with Crippen LogP contribution in [0.3, 0.4) is 0 Å². The van der Waals surface area contributed by atoms with Crippen LogP contribution in [-0.4, -0.2) is 68.0 Å². The fourth-order valence-corrected chi connectivity index (χ4v) is 5.31. The average molecular weight is 578 g/mol. The summed E-state index contributed by atoms with van der Waals surface area (Å²) >= 11 is 0. The van der Waals surface area contributed by atoms with Crippen molar-refractivity contribution < 1.29 is 14.3 Å². The monoisotopic (exact) mass is 577 g/mol. The number of carbonyl (C=O) groups excluding carboxylic acids is 2. The highest BCUT2D eigenvalue weighted by molar-refractivity contribution is 6.06. The normalized spacial score (nSPS) is 14.6. The van der Waals surface area contributed by atoms with Crippen LogP contribution in [0.2, 0.25) is 0 Å². The molecular formula is C35H39N5O3. The molecule has 2 amide bonds. The molecule has 1 heterocycles. The molecule has 0 bridgehead atoms. The standard InChI is InChI=1S/C35H39N5O3/c1-39-20-22-40(23-21-39)33(35(42)37-29-14-16-30(43-2)17-15-29)19-10-25-8-11-27(12-9-25)34(41)38-32-24-28(13-18-31(32)36)26-6-4-3-5-7-26/h3-9,11-18,24,33H,10,19-23,36H2,1-2H3,(H,37,42)(H,38,41). The minimum Gasteiger partial charge on any atom is -0.497 e. The van der Waals surface area contributed by atoms with Gasteiger partial charge in [0.15, 0.2) is 0 Å². The van der Waals surface area contributed by atoms with Crippen molar-refractivity contribution in [2.75, 3.05) is 56.7 Å². The Morgan fingerprint density at radius 1 is 0.837 bits per heavy atom. The lowest BCUT2D eigenvalue weighted by Crippen LogP contribution is -2.53. The zero-order chi connectivity index (χ0) is 30.2. The molecule has 4 aromatic rings. The Hall–Kier alpha value is -4.66. The average Bonchev–Trinajstić information content (AvgIpc) is 3.04. The number of hydrogen-bond acceptors (Lipinski definition) is 6. The van der Waals surface area contributed by atoms with E-state index in [0.29, 0.717) is 29.8 Å². The highest BCUT2D eigenvalue weighted by atomic mass is 16.5. The molecule has 1 aliphatic rings. The first-order chi connectivity index (χ1) is 20.9. The SMILES string of the molecule is COc1ccc(NC(=O)C(CCc2ccc(C(=O)Nc3cc(-c4ccccc4)ccc3N)cc2)N2CCN(C)CC2)cc1. The molecule has 4 aromatic carbocycles. The van der Waals surface area contributed by atoms with E-state index in [4.69, 9.17) is 10.5 Å². The maximum Gasteiger partial charge on any atom is 0.255 e. The molecular weight excluding hydrogens is 538 g/mol. The maximum absolute atomic E-state index is 13.5. The Morgan fingerprint density at radius 2 is 1.53 bits per heavy atom. The number of hydrogen-bond donors (Lipinski definition) is 3. The number of carbonyl (C=O) groups is 2. The van der Waals surface area contributed by atoms with Crippen molar-refractivity contribution in [3.05, 3.63) is 108 Å². The predicted octanol–water partition coefficient (Wildman–Crippen LogP) is 5.38. The van der Waals surface area contributed by atoms with Crippen molar-refractivity contribution in [3.63, 3.8) is 0 Å². The molecule has 0 aliphatic carbocycles. The van der Waals surface area contributed by atoms with E-state index in [1.165, 1.54) is 0 Å². The lowest BCUT2D eigenvalue weighted by molar-refractivity contribution is -0.122. The second-order valence-electron chi connectivity index (χ2n) is 10.9. The van der Waals surface area contributed by atoms with Gasteiger partial charge in [0, 0.05) is 37.4 Å². The molecule has 4 N–H and O–H groups in total. The third kappa shape index (κ3) is 7.80. The molecule has 8 nitrogen and oxygen atoms in total. The number of piperazine rings is 1. The number of aryl methyl sites for hydroxylation is 1. The van der Waals surface area contributed by atoms with Crippen LogP contribution < -0.4 is 21.1 Å². The van der Waals surface area contributed by atoms with Gasteiger partial charge in [-0.3, -0.25) is 14.5 Å². The number of methoxy groups -OCH3 is 1. The van der Waals surface area contributed by atoms with Crippen molar-refractivity contribution in [3.8, 4) is 16.9 Å². The molecule has 222 valence electrons. The molecule has 43 heavy (non-hydrogen) atoms. The van der Waals surface area contributed by atoms with E-state index in [9.17, 15) is 9.59 Å². The maximum atomic E-state index is 13.5. The third-order valence-electron chi connectivity index (χ3n) is 7.97. The van der Waals surface area contributed by atoms with Gasteiger partial charge < -0.3 is 26.0 Å². The number of ether oxygens (including phenoxy) is 1. The van der Waals surface area contributed by atoms with Crippen LogP contribution in [0.1, 0.15) is 22.3 Å². The first-order valence-electron chi connectivity index (χ1n) is 14.6. The second-order valence-corrected chi connectivity index (χ2v) is 10.9. The summed E-state index contributed by atoms with van der Waals surface area (Å²) in [6.07, 6.45) is 1.38. The number of nitrogens with two attached hydrogens (primary N) is 1. The van der Waals surface area contributed by atoms with Gasteiger partial charge in [0.2, 0.25) is 5.91 Å². The molecule has 0 saturated carbocycles. The number of rotatable bonds is 10. The summed E-state index contributed by atoms with van der Waals surface area (Å²) in [7, 11) is 3.73. The lowest BCUT2D eigenvalue weighted by atomic mass is 10.0. The third-order valence-corrected chi connectivity index (χ3v) is 7.97. The van der Waals surface area contributed by atoms with Gasteiger partial charge in [0.05, 0.1) is 24.5 Å². The first-order valence-corrected chi connectivity index (χ1v) is 14.6. The first kappa shape index (κ1) is 29.8. The van der Waals surface area contributed by atoms with Crippen LogP contribution >= 0.6 is 0 Å². The summed E-state index contributed by atoms with van der Waals surface area (Å²) in [5.41, 5.74) is 11.7. The summed E-state index contributed by atoms with van der Waals surface area (Å²) in [4.78, 5) is 31.1. The Bertz CT molecular complexity index is 1520. The molecule has 0 radical (unpaired) electrons. The Kier molecular flexibility index (Phi) is 9.71. The van der Waals surface area contributed by atoms with Gasteiger partial charge in [-0.1, -0.05) is 48.5 Å². The summed E-state index contributed by atoms with van der Waals surface area (Å²) in [6.45, 7) is 3.53. The number of amides is 2. The van der Waals surface area contributed by atoms with Gasteiger partial charge in [-0.25, -0.2) is 0 Å². The highest BCUT2D eigenvalue weighted by Crippen LogP contribution is 2.28. The van der Waals surface area contributed by atoms with Crippen molar-refractivity contribution in [2.45, 2.75) is 18.9 Å². The van der Waals surface area contributed by atoms with Crippen molar-refractivity contribution in [2.24, 2.45) is 0 Å². The van der Waals surface area contributed by atoms with E-state index < -0.39 is 0 Å². The zero-order valence-electron chi connectivity index (χ0n) is 24.8. The summed E-state index contributed by atoms with van der Waals surface area (Å²) < 4.78 is 5.24. The number of nitrogens with zero attached hydrogens (tertiary/aromatic N) is 2. The van der Waals surface area contributed by atoms with Crippen LogP contribution in [0.15, 0.2) is 97.1 Å². The fraction of sp³-hybridized carbons (Fsp3) is 0.257. The molecule has 0 aromatic heterocycles. The van der Waals surface area contributed by atoms with Crippen LogP contribution in [-0.2, 0) is 11.2 Å². The van der Waals surface area contributed by atoms with Crippen LogP contribution in [0.25, 0.3) is 11.1 Å². The smallest absolute Gasteiger partial charge is 0.255 e. The van der Waals surface area contributed by atoms with Crippen LogP contribution in [0.5, 0.6) is 5.75 Å². The Labute approximate surface area is 253 Å². The molecule has 1 unspecified atom stereocenters. The molecule has 0 spiro atoms. The van der Waals surface area contributed by atoms with E-state index in [1.807, 2.05) is 97.1 Å². The van der Waals surface area contributed by atoms with Crippen molar-refractivity contribution >= 4 is 28.9 Å². The highest BCUT2D eigenvalue weighted by Gasteiger charge is 2.28. The van der Waals surface area contributed by atoms with Gasteiger partial charge >= 0.3 is 0 Å². The number of likely N-dealkylation sites (N-methyl/N-ethyl adjacent to an activating group) is 1. The topological polar surface area (TPSA) is 99.9 Å². The number of benzene rings is 4. The quantitative estimate of drug-likeness (QED) is 0.219. The molecule has 1 saturated heterocycles. The molecule has 5 rings (SSSR count). The fourth-order valence-electron chi connectivity index (χ4n) is 5.31. The van der Waals surface area contributed by atoms with Crippen molar-refractivity contribution in [1.29, 1.82) is 0 Å². The number of nitrogen functional groups attached to an aromatic ring is 1. The Morgan fingerprint density at radius 3 is 2.21 bits per heavy atom. The second kappa shape index (κ2) is 14.0. The number of anilines is 3. The van der Waals surface area contributed by atoms with Gasteiger partial charge in [-0.05, 0) is 85.1 Å². The summed E-state index contributed by atoms with van der Waals surface area (Å²) in [5, 5.41) is 6.05. The lowest BCUT2D eigenvalue weighted by Gasteiger charge is -2.37. The van der Waals surface area contributed by atoms with E-state index >= 15 is 0 Å². The van der Waals surface area contributed by atoms with E-state index in [0.717, 1.165) is 54.3 Å². The van der Waals surface area contributed by atoms with Gasteiger partial charge in [-0.2, -0.15) is 0 Å². The summed E-state index contributed by atoms with van der Waals surface area (Å²) in [6, 6.07) is 30.3. The van der Waals surface area contributed by atoms with Crippen LogP contribution in [0.4, 0.5) is 17.1 Å². The van der Waals surface area contributed by atoms with E-state index in [-0.39, 0.29) is 17.9 Å². The largest absolute Gasteiger partial charge is 0.497 e. The molecule has 8 heteroatoms. The molecule has 1 fully saturated rings. The minimum absolute atomic E-state index is 0.0129. The van der Waals surface area contributed by atoms with E-state index in [2.05, 4.69) is 27.5 Å². The van der Waals surface area contributed by atoms with Gasteiger partial charge in [0.1, 0.15) is 5.75 Å². The van der Waals surface area contributed by atoms with Gasteiger partial charge in [0.25, 0.3) is 5.91 Å². The van der Waals surface area contributed by atoms with Gasteiger partial charge in [-0.15, -0.1) is 0 Å². The van der Waals surface area contributed by atoms with Crippen LogP contribution in [0, 0.1) is 0 Å². The minimum atomic E-state index is -0.265. The zero-order valence-corrected chi connectivity index (χ0v) is 24.8. The predicted molar refractivity (Wildman–Crippen MR) is 173 cm³/mol. The number of nitrogens with one attached hydrogen (secondary N) is 2. The van der Waals surface area contributed by atoms with Crippen molar-refractivity contribution in [1.82, 2.24) is 9.80 Å². The van der Waals surface area contributed by atoms with E-state index in [1.54, 1.807) is 7.11 Å². The molecule has 1 atom stereocenters. The summed E-state index contributed by atoms with van der Waals surface area (Å²) in [5.74, 6) is 0.508.